The SMILES string of the molecule is CC(C)(C)c1ccc(NC(=O)N2C3CCC2CC(Oc2ccncc2)C3)cc1. The number of carbonyl (C=O) groups excluding carboxylic acids is 1. The van der Waals surface area contributed by atoms with Crippen LogP contribution in [0, 0.1) is 0 Å². The second-order valence-electron chi connectivity index (χ2n) is 8.94. The van der Waals surface area contributed by atoms with Gasteiger partial charge in [-0.1, -0.05) is 32.9 Å². The highest BCUT2D eigenvalue weighted by atomic mass is 16.5. The topological polar surface area (TPSA) is 54.5 Å². The van der Waals surface area contributed by atoms with E-state index in [1.165, 1.54) is 5.56 Å². The van der Waals surface area contributed by atoms with Gasteiger partial charge in [-0.15, -0.1) is 0 Å². The lowest BCUT2D eigenvalue weighted by Gasteiger charge is -2.38. The van der Waals surface area contributed by atoms with Crippen LogP contribution < -0.4 is 10.1 Å². The van der Waals surface area contributed by atoms with E-state index < -0.39 is 0 Å². The van der Waals surface area contributed by atoms with E-state index in [-0.39, 0.29) is 29.6 Å². The molecule has 0 saturated carbocycles. The minimum atomic E-state index is 0.0124. The molecule has 1 aromatic carbocycles. The van der Waals surface area contributed by atoms with Crippen LogP contribution >= 0.6 is 0 Å². The van der Waals surface area contributed by atoms with Gasteiger partial charge in [0.1, 0.15) is 11.9 Å². The minimum Gasteiger partial charge on any atom is -0.490 e. The Labute approximate surface area is 167 Å². The molecule has 2 bridgehead atoms. The number of fused-ring (bicyclic) bond motifs is 2. The van der Waals surface area contributed by atoms with Gasteiger partial charge in [0.05, 0.1) is 0 Å². The summed E-state index contributed by atoms with van der Waals surface area (Å²) in [7, 11) is 0. The summed E-state index contributed by atoms with van der Waals surface area (Å²) >= 11 is 0. The second-order valence-corrected chi connectivity index (χ2v) is 8.94. The van der Waals surface area contributed by atoms with Gasteiger partial charge in [0.15, 0.2) is 0 Å². The first-order valence-corrected chi connectivity index (χ1v) is 10.2. The molecule has 2 aromatic rings. The molecule has 3 heterocycles. The number of hydrogen-bond acceptors (Lipinski definition) is 3. The summed E-state index contributed by atoms with van der Waals surface area (Å²) in [5.41, 5.74) is 2.23. The molecule has 2 fully saturated rings. The Morgan fingerprint density at radius 2 is 1.64 bits per heavy atom. The van der Waals surface area contributed by atoms with Gasteiger partial charge >= 0.3 is 6.03 Å². The van der Waals surface area contributed by atoms with Crippen LogP contribution in [-0.2, 0) is 5.41 Å². The fourth-order valence-electron chi connectivity index (χ4n) is 4.41. The summed E-state index contributed by atoms with van der Waals surface area (Å²) in [4.78, 5) is 19.0. The molecule has 0 spiro atoms. The van der Waals surface area contributed by atoms with Crippen molar-refractivity contribution in [3.8, 4) is 5.75 Å². The number of piperidine rings is 1. The van der Waals surface area contributed by atoms with Crippen molar-refractivity contribution in [2.75, 3.05) is 5.32 Å². The summed E-state index contributed by atoms with van der Waals surface area (Å²) < 4.78 is 6.13. The first-order chi connectivity index (χ1) is 13.4. The number of nitrogens with zero attached hydrogens (tertiary/aromatic N) is 2. The van der Waals surface area contributed by atoms with E-state index in [2.05, 4.69) is 43.2 Å². The Morgan fingerprint density at radius 1 is 1.04 bits per heavy atom. The fourth-order valence-corrected chi connectivity index (χ4v) is 4.41. The van der Waals surface area contributed by atoms with Crippen LogP contribution in [0.1, 0.15) is 52.0 Å². The lowest BCUT2D eigenvalue weighted by atomic mass is 9.87. The van der Waals surface area contributed by atoms with Crippen molar-refractivity contribution < 1.29 is 9.53 Å². The maximum absolute atomic E-state index is 12.9. The lowest BCUT2D eigenvalue weighted by molar-refractivity contribution is 0.0732. The molecular formula is C23H29N3O2. The summed E-state index contributed by atoms with van der Waals surface area (Å²) in [5, 5.41) is 3.09. The summed E-state index contributed by atoms with van der Waals surface area (Å²) in [5.74, 6) is 0.858. The molecule has 2 atom stereocenters. The van der Waals surface area contributed by atoms with Crippen molar-refractivity contribution in [3.63, 3.8) is 0 Å². The zero-order valence-corrected chi connectivity index (χ0v) is 16.9. The molecule has 1 aromatic heterocycles. The molecule has 148 valence electrons. The van der Waals surface area contributed by atoms with E-state index in [1.54, 1.807) is 12.4 Å². The van der Waals surface area contributed by atoms with Gasteiger partial charge in [0.2, 0.25) is 0 Å². The van der Waals surface area contributed by atoms with Crippen LogP contribution in [0.2, 0.25) is 0 Å². The normalized spacial score (nSPS) is 24.1. The van der Waals surface area contributed by atoms with Gasteiger partial charge in [-0.2, -0.15) is 0 Å². The summed E-state index contributed by atoms with van der Waals surface area (Å²) in [6.45, 7) is 6.57. The molecule has 1 N–H and O–H groups in total. The third-order valence-corrected chi connectivity index (χ3v) is 5.88. The third kappa shape index (κ3) is 3.98. The second kappa shape index (κ2) is 7.46. The van der Waals surface area contributed by atoms with Gasteiger partial charge in [-0.25, -0.2) is 4.79 Å². The molecule has 4 rings (SSSR count). The number of benzene rings is 1. The Balaban J connectivity index is 1.38. The first kappa shape index (κ1) is 18.8. The number of urea groups is 1. The lowest BCUT2D eigenvalue weighted by Crippen LogP contribution is -2.50. The zero-order valence-electron chi connectivity index (χ0n) is 16.9. The monoisotopic (exact) mass is 379 g/mol. The van der Waals surface area contributed by atoms with E-state index in [0.29, 0.717) is 0 Å². The van der Waals surface area contributed by atoms with Gasteiger partial charge in [0, 0.05) is 43.0 Å². The average Bonchev–Trinajstić information content (AvgIpc) is 2.93. The van der Waals surface area contributed by atoms with E-state index in [0.717, 1.165) is 37.1 Å². The third-order valence-electron chi connectivity index (χ3n) is 5.88. The first-order valence-electron chi connectivity index (χ1n) is 10.2. The molecule has 28 heavy (non-hydrogen) atoms. The van der Waals surface area contributed by atoms with Crippen molar-refractivity contribution in [2.45, 2.75) is 70.1 Å². The standard InChI is InChI=1S/C23H29N3O2/c1-23(2,3)16-4-6-17(7-5-16)25-22(27)26-18-8-9-19(26)15-21(14-18)28-20-10-12-24-13-11-20/h4-7,10-13,18-19,21H,8-9,14-15H2,1-3H3,(H,25,27). The van der Waals surface area contributed by atoms with Gasteiger partial charge in [-0.05, 0) is 48.1 Å². The zero-order chi connectivity index (χ0) is 19.7. The van der Waals surface area contributed by atoms with Gasteiger partial charge in [-0.3, -0.25) is 4.98 Å². The highest BCUT2D eigenvalue weighted by Crippen LogP contribution is 2.37. The molecule has 2 amide bonds. The maximum atomic E-state index is 12.9. The van der Waals surface area contributed by atoms with Crippen molar-refractivity contribution in [2.24, 2.45) is 0 Å². The predicted octanol–water partition coefficient (Wildman–Crippen LogP) is 4.99. The van der Waals surface area contributed by atoms with Crippen LogP contribution in [0.4, 0.5) is 10.5 Å². The number of ether oxygens (including phenoxy) is 1. The quantitative estimate of drug-likeness (QED) is 0.818. The number of pyridine rings is 1. The summed E-state index contributed by atoms with van der Waals surface area (Å²) in [6, 6.07) is 12.5. The van der Waals surface area contributed by atoms with Crippen molar-refractivity contribution in [1.82, 2.24) is 9.88 Å². The van der Waals surface area contributed by atoms with Crippen molar-refractivity contribution in [1.29, 1.82) is 0 Å². The van der Waals surface area contributed by atoms with Crippen molar-refractivity contribution in [3.05, 3.63) is 54.4 Å². The van der Waals surface area contributed by atoms with Gasteiger partial charge < -0.3 is 15.0 Å². The molecule has 2 unspecified atom stereocenters. The number of carbonyl (C=O) groups is 1. The molecule has 2 aliphatic heterocycles. The van der Waals surface area contributed by atoms with Crippen LogP contribution in [0.25, 0.3) is 0 Å². The molecule has 5 heteroatoms. The number of amides is 2. The Hall–Kier alpha value is -2.56. The molecular weight excluding hydrogens is 350 g/mol. The van der Waals surface area contributed by atoms with Crippen LogP contribution in [0.15, 0.2) is 48.8 Å². The number of hydrogen-bond donors (Lipinski definition) is 1. The molecule has 2 saturated heterocycles. The van der Waals surface area contributed by atoms with E-state index in [1.807, 2.05) is 29.2 Å². The Kier molecular flexibility index (Phi) is 5.00. The number of nitrogens with one attached hydrogen (secondary N) is 1. The van der Waals surface area contributed by atoms with Gasteiger partial charge in [0.25, 0.3) is 0 Å². The fraction of sp³-hybridized carbons (Fsp3) is 0.478. The Bertz CT molecular complexity index is 800. The van der Waals surface area contributed by atoms with Crippen LogP contribution in [-0.4, -0.2) is 34.1 Å². The molecule has 0 aliphatic carbocycles. The average molecular weight is 380 g/mol. The van der Waals surface area contributed by atoms with E-state index >= 15 is 0 Å². The largest absolute Gasteiger partial charge is 0.490 e. The van der Waals surface area contributed by atoms with E-state index in [9.17, 15) is 4.79 Å². The number of aromatic nitrogens is 1. The number of rotatable bonds is 3. The van der Waals surface area contributed by atoms with Crippen LogP contribution in [0.5, 0.6) is 5.75 Å². The summed E-state index contributed by atoms with van der Waals surface area (Å²) in [6.07, 6.45) is 7.53. The molecule has 0 radical (unpaired) electrons. The highest BCUT2D eigenvalue weighted by molar-refractivity contribution is 5.90. The molecule has 2 aliphatic rings. The predicted molar refractivity (Wildman–Crippen MR) is 111 cm³/mol. The smallest absolute Gasteiger partial charge is 0.322 e. The highest BCUT2D eigenvalue weighted by Gasteiger charge is 2.44. The molecule has 5 nitrogen and oxygen atoms in total. The minimum absolute atomic E-state index is 0.0124. The number of anilines is 1. The van der Waals surface area contributed by atoms with Crippen molar-refractivity contribution >= 4 is 11.7 Å². The maximum Gasteiger partial charge on any atom is 0.322 e. The van der Waals surface area contributed by atoms with E-state index in [4.69, 9.17) is 4.74 Å². The Morgan fingerprint density at radius 3 is 2.21 bits per heavy atom. The van der Waals surface area contributed by atoms with Crippen LogP contribution in [0.3, 0.4) is 0 Å².